The molecule has 2 aromatic rings. The summed E-state index contributed by atoms with van der Waals surface area (Å²) in [5.74, 6) is 0.0570. The molecule has 2 aliphatic heterocycles. The Kier molecular flexibility index (Phi) is 5.68. The van der Waals surface area contributed by atoms with Crippen molar-refractivity contribution in [1.82, 2.24) is 20.1 Å². The van der Waals surface area contributed by atoms with Crippen LogP contribution in [0.25, 0.3) is 0 Å². The summed E-state index contributed by atoms with van der Waals surface area (Å²) in [5, 5.41) is 2.90. The average molecular weight is 494 g/mol. The maximum absolute atomic E-state index is 13.5. The monoisotopic (exact) mass is 493 g/mol. The fourth-order valence-electron chi connectivity index (χ4n) is 5.06. The third-order valence-electron chi connectivity index (χ3n) is 6.81. The molecule has 34 heavy (non-hydrogen) atoms. The molecule has 1 N–H and O–H groups in total. The third-order valence-corrected chi connectivity index (χ3v) is 7.09. The number of nitrogens with one attached hydrogen (secondary N) is 1. The number of urea groups is 1. The van der Waals surface area contributed by atoms with E-state index in [1.54, 1.807) is 0 Å². The Balaban J connectivity index is 1.25. The van der Waals surface area contributed by atoms with Gasteiger partial charge >= 0.3 is 12.2 Å². The number of amides is 3. The van der Waals surface area contributed by atoms with Crippen LogP contribution in [0.5, 0.6) is 0 Å². The van der Waals surface area contributed by atoms with Crippen molar-refractivity contribution < 1.29 is 22.8 Å². The number of alkyl halides is 3. The molecule has 1 aromatic carbocycles. The number of carbonyl (C=O) groups is 2. The highest BCUT2D eigenvalue weighted by atomic mass is 35.5. The zero-order valence-electron chi connectivity index (χ0n) is 18.2. The van der Waals surface area contributed by atoms with Crippen LogP contribution in [0.2, 0.25) is 5.02 Å². The van der Waals surface area contributed by atoms with Crippen LogP contribution in [-0.2, 0) is 22.9 Å². The standard InChI is InChI=1S/C23H23ClF3N5O2/c24-18-12-16(23(25,26)27)13-28-19(18)31-10-8-30(9-11-31)14-32-20(33)22(29-21(32)34)7-3-5-15-4-1-2-6-17(15)22/h1-2,4,6,12-13H,3,5,7-11,14H2,(H,29,34)/t22-/m1/s1. The van der Waals surface area contributed by atoms with E-state index in [1.807, 2.05) is 34.1 Å². The molecular weight excluding hydrogens is 471 g/mol. The molecule has 3 amide bonds. The molecule has 1 atom stereocenters. The van der Waals surface area contributed by atoms with Crippen LogP contribution in [0, 0.1) is 0 Å². The average Bonchev–Trinajstić information content (AvgIpc) is 3.04. The van der Waals surface area contributed by atoms with Gasteiger partial charge in [0.2, 0.25) is 0 Å². The van der Waals surface area contributed by atoms with E-state index in [-0.39, 0.29) is 17.6 Å². The maximum Gasteiger partial charge on any atom is 0.417 e. The van der Waals surface area contributed by atoms with Crippen LogP contribution in [0.15, 0.2) is 36.5 Å². The molecule has 1 aromatic heterocycles. The van der Waals surface area contributed by atoms with Gasteiger partial charge in [0.05, 0.1) is 17.3 Å². The number of fused-ring (bicyclic) bond motifs is 2. The van der Waals surface area contributed by atoms with E-state index in [0.717, 1.165) is 36.2 Å². The zero-order chi connectivity index (χ0) is 24.1. The predicted molar refractivity (Wildman–Crippen MR) is 119 cm³/mol. The summed E-state index contributed by atoms with van der Waals surface area (Å²) in [7, 11) is 0. The van der Waals surface area contributed by atoms with Gasteiger partial charge in [0.1, 0.15) is 11.4 Å². The van der Waals surface area contributed by atoms with Gasteiger partial charge in [0.15, 0.2) is 0 Å². The summed E-state index contributed by atoms with van der Waals surface area (Å²) >= 11 is 6.08. The maximum atomic E-state index is 13.5. The molecule has 5 rings (SSSR count). The van der Waals surface area contributed by atoms with Crippen molar-refractivity contribution in [3.63, 3.8) is 0 Å². The highest BCUT2D eigenvalue weighted by molar-refractivity contribution is 6.33. The minimum Gasteiger partial charge on any atom is -0.353 e. The molecular formula is C23H23ClF3N5O2. The highest BCUT2D eigenvalue weighted by Crippen LogP contribution is 2.40. The molecule has 0 bridgehead atoms. The van der Waals surface area contributed by atoms with Gasteiger partial charge in [-0.2, -0.15) is 13.2 Å². The fraction of sp³-hybridized carbons (Fsp3) is 0.435. The number of rotatable bonds is 3. The normalized spacial score (nSPS) is 23.4. The number of imide groups is 1. The number of hydrogen-bond donors (Lipinski definition) is 1. The largest absolute Gasteiger partial charge is 0.417 e. The Morgan fingerprint density at radius 1 is 1.12 bits per heavy atom. The van der Waals surface area contributed by atoms with Crippen LogP contribution in [0.3, 0.4) is 0 Å². The van der Waals surface area contributed by atoms with Gasteiger partial charge in [-0.25, -0.2) is 14.7 Å². The summed E-state index contributed by atoms with van der Waals surface area (Å²) in [6.45, 7) is 2.06. The Morgan fingerprint density at radius 2 is 1.85 bits per heavy atom. The molecule has 0 radical (unpaired) electrons. The van der Waals surface area contributed by atoms with E-state index in [0.29, 0.717) is 38.4 Å². The summed E-state index contributed by atoms with van der Waals surface area (Å²) in [4.78, 5) is 35.3. The predicted octanol–water partition coefficient (Wildman–Crippen LogP) is 3.62. The van der Waals surface area contributed by atoms with Crippen molar-refractivity contribution in [3.8, 4) is 0 Å². The Bertz CT molecular complexity index is 1140. The summed E-state index contributed by atoms with van der Waals surface area (Å²) in [5.41, 5.74) is 0.0520. The van der Waals surface area contributed by atoms with Crippen molar-refractivity contribution in [3.05, 3.63) is 58.2 Å². The van der Waals surface area contributed by atoms with Crippen LogP contribution in [-0.4, -0.2) is 59.6 Å². The molecule has 0 unspecified atom stereocenters. The van der Waals surface area contributed by atoms with Gasteiger partial charge in [0, 0.05) is 32.4 Å². The first kappa shape index (κ1) is 22.9. The van der Waals surface area contributed by atoms with E-state index in [2.05, 4.69) is 10.3 Å². The van der Waals surface area contributed by atoms with Gasteiger partial charge in [-0.1, -0.05) is 35.9 Å². The van der Waals surface area contributed by atoms with Gasteiger partial charge in [-0.15, -0.1) is 0 Å². The molecule has 1 spiro atoms. The van der Waals surface area contributed by atoms with E-state index in [4.69, 9.17) is 11.6 Å². The zero-order valence-corrected chi connectivity index (χ0v) is 19.0. The van der Waals surface area contributed by atoms with Gasteiger partial charge in [0.25, 0.3) is 5.91 Å². The molecule has 2 fully saturated rings. The molecule has 3 aliphatic rings. The summed E-state index contributed by atoms with van der Waals surface area (Å²) in [6.07, 6.45) is -1.47. The minimum absolute atomic E-state index is 0.0599. The number of nitrogens with zero attached hydrogens (tertiary/aromatic N) is 4. The molecule has 180 valence electrons. The van der Waals surface area contributed by atoms with Crippen molar-refractivity contribution in [2.75, 3.05) is 37.7 Å². The topological polar surface area (TPSA) is 68.8 Å². The number of piperazine rings is 1. The summed E-state index contributed by atoms with van der Waals surface area (Å²) in [6, 6.07) is 8.21. The Labute approximate surface area is 199 Å². The van der Waals surface area contributed by atoms with Crippen molar-refractivity contribution in [1.29, 1.82) is 0 Å². The van der Waals surface area contributed by atoms with Crippen molar-refractivity contribution in [2.24, 2.45) is 0 Å². The molecule has 1 aliphatic carbocycles. The molecule has 2 saturated heterocycles. The van der Waals surface area contributed by atoms with Gasteiger partial charge < -0.3 is 10.2 Å². The van der Waals surface area contributed by atoms with E-state index in [9.17, 15) is 22.8 Å². The number of pyridine rings is 1. The number of aryl methyl sites for hydroxylation is 1. The third kappa shape index (κ3) is 3.88. The molecule has 0 saturated carbocycles. The second-order valence-electron chi connectivity index (χ2n) is 8.85. The minimum atomic E-state index is -4.51. The number of benzene rings is 1. The first-order valence-electron chi connectivity index (χ1n) is 11.1. The lowest BCUT2D eigenvalue weighted by atomic mass is 9.76. The smallest absolute Gasteiger partial charge is 0.353 e. The Morgan fingerprint density at radius 3 is 2.56 bits per heavy atom. The number of anilines is 1. The number of aromatic nitrogens is 1. The van der Waals surface area contributed by atoms with Crippen LogP contribution >= 0.6 is 11.6 Å². The lowest BCUT2D eigenvalue weighted by Gasteiger charge is -2.37. The lowest BCUT2D eigenvalue weighted by Crippen LogP contribution is -2.52. The first-order chi connectivity index (χ1) is 16.2. The second kappa shape index (κ2) is 8.42. The van der Waals surface area contributed by atoms with Crippen LogP contribution < -0.4 is 10.2 Å². The first-order valence-corrected chi connectivity index (χ1v) is 11.5. The lowest BCUT2D eigenvalue weighted by molar-refractivity contribution is -0.138. The Hall–Kier alpha value is -2.85. The number of hydrogen-bond acceptors (Lipinski definition) is 5. The SMILES string of the molecule is O=C1N[C@@]2(CCCc3ccccc32)C(=O)N1CN1CCN(c2ncc(C(F)(F)F)cc2Cl)CC1. The van der Waals surface area contributed by atoms with E-state index >= 15 is 0 Å². The van der Waals surface area contributed by atoms with Crippen molar-refractivity contribution in [2.45, 2.75) is 31.0 Å². The van der Waals surface area contributed by atoms with Gasteiger partial charge in [-0.05, 0) is 36.5 Å². The number of carbonyl (C=O) groups excluding carboxylic acids is 2. The summed E-state index contributed by atoms with van der Waals surface area (Å²) < 4.78 is 38.6. The quantitative estimate of drug-likeness (QED) is 0.662. The van der Waals surface area contributed by atoms with Crippen LogP contribution in [0.4, 0.5) is 23.8 Å². The molecule has 3 heterocycles. The fourth-order valence-corrected chi connectivity index (χ4v) is 5.35. The highest BCUT2D eigenvalue weighted by Gasteiger charge is 2.54. The van der Waals surface area contributed by atoms with Crippen LogP contribution in [0.1, 0.15) is 29.5 Å². The molecule has 11 heteroatoms. The second-order valence-corrected chi connectivity index (χ2v) is 9.26. The van der Waals surface area contributed by atoms with Gasteiger partial charge in [-0.3, -0.25) is 9.69 Å². The molecule has 7 nitrogen and oxygen atoms in total. The van der Waals surface area contributed by atoms with E-state index < -0.39 is 23.3 Å². The van der Waals surface area contributed by atoms with E-state index in [1.165, 1.54) is 4.90 Å². The van der Waals surface area contributed by atoms with Crippen molar-refractivity contribution >= 4 is 29.4 Å². The number of halogens is 4.